The van der Waals surface area contributed by atoms with Crippen molar-refractivity contribution >= 4 is 0 Å². The summed E-state index contributed by atoms with van der Waals surface area (Å²) in [6.07, 6.45) is 6.88. The standard InChI is InChI=1S/C11H19N/c1-5-7-8-11(3)10-12(4)9-6-2/h5,7-8H,1,3,6,9-10H2,2,4H3/b8-7-. The molecule has 1 nitrogen and oxygen atoms in total. The van der Waals surface area contributed by atoms with Gasteiger partial charge in [-0.1, -0.05) is 38.3 Å². The van der Waals surface area contributed by atoms with E-state index in [9.17, 15) is 0 Å². The number of hydrogen-bond donors (Lipinski definition) is 0. The Hall–Kier alpha value is -0.820. The average Bonchev–Trinajstić information content (AvgIpc) is 2.01. The molecule has 0 N–H and O–H groups in total. The van der Waals surface area contributed by atoms with E-state index in [1.165, 1.54) is 6.42 Å². The van der Waals surface area contributed by atoms with Gasteiger partial charge in [-0.3, -0.25) is 0 Å². The first-order chi connectivity index (χ1) is 5.70. The van der Waals surface area contributed by atoms with Gasteiger partial charge in [0.25, 0.3) is 0 Å². The average molecular weight is 165 g/mol. The molecule has 68 valence electrons. The van der Waals surface area contributed by atoms with Gasteiger partial charge in [0.05, 0.1) is 0 Å². The van der Waals surface area contributed by atoms with Crippen molar-refractivity contribution in [3.63, 3.8) is 0 Å². The lowest BCUT2D eigenvalue weighted by molar-refractivity contribution is 0.365. The number of allylic oxidation sites excluding steroid dienone is 2. The van der Waals surface area contributed by atoms with Crippen LogP contribution in [0.4, 0.5) is 0 Å². The summed E-state index contributed by atoms with van der Waals surface area (Å²) in [5.41, 5.74) is 1.13. The minimum atomic E-state index is 0.943. The van der Waals surface area contributed by atoms with Crippen LogP contribution >= 0.6 is 0 Å². The molecule has 12 heavy (non-hydrogen) atoms. The molecule has 0 aliphatic carbocycles. The van der Waals surface area contributed by atoms with Crippen LogP contribution in [0.2, 0.25) is 0 Å². The fourth-order valence-electron chi connectivity index (χ4n) is 1.06. The molecule has 0 amide bonds. The van der Waals surface area contributed by atoms with Crippen LogP contribution in [0.3, 0.4) is 0 Å². The molecule has 0 unspecified atom stereocenters. The molecular weight excluding hydrogens is 146 g/mol. The van der Waals surface area contributed by atoms with Crippen LogP contribution in [0.15, 0.2) is 37.0 Å². The minimum absolute atomic E-state index is 0.943. The van der Waals surface area contributed by atoms with Crippen LogP contribution in [0.5, 0.6) is 0 Å². The second-order valence-electron chi connectivity index (χ2n) is 2.99. The van der Waals surface area contributed by atoms with Crippen LogP contribution < -0.4 is 0 Å². The van der Waals surface area contributed by atoms with Crippen molar-refractivity contribution in [1.82, 2.24) is 4.90 Å². The molecule has 0 aromatic carbocycles. The van der Waals surface area contributed by atoms with Crippen molar-refractivity contribution in [2.45, 2.75) is 13.3 Å². The smallest absolute Gasteiger partial charge is 0.0224 e. The molecule has 0 atom stereocenters. The first-order valence-electron chi connectivity index (χ1n) is 4.36. The van der Waals surface area contributed by atoms with Crippen molar-refractivity contribution < 1.29 is 0 Å². The maximum Gasteiger partial charge on any atom is 0.0224 e. The molecule has 0 spiro atoms. The number of hydrogen-bond acceptors (Lipinski definition) is 1. The normalized spacial score (nSPS) is 10.9. The van der Waals surface area contributed by atoms with Crippen molar-refractivity contribution in [1.29, 1.82) is 0 Å². The highest BCUT2D eigenvalue weighted by Gasteiger charge is 1.95. The Morgan fingerprint density at radius 2 is 2.17 bits per heavy atom. The number of rotatable bonds is 6. The zero-order valence-corrected chi connectivity index (χ0v) is 8.21. The van der Waals surface area contributed by atoms with E-state index < -0.39 is 0 Å². The Bertz CT molecular complexity index is 168. The van der Waals surface area contributed by atoms with Crippen molar-refractivity contribution in [2.75, 3.05) is 20.1 Å². The quantitative estimate of drug-likeness (QED) is 0.547. The molecule has 0 heterocycles. The maximum absolute atomic E-state index is 3.94. The summed E-state index contributed by atoms with van der Waals surface area (Å²) >= 11 is 0. The zero-order chi connectivity index (χ0) is 9.40. The van der Waals surface area contributed by atoms with Crippen molar-refractivity contribution in [3.8, 4) is 0 Å². The van der Waals surface area contributed by atoms with E-state index in [1.807, 2.05) is 12.2 Å². The van der Waals surface area contributed by atoms with Gasteiger partial charge in [-0.15, -0.1) is 0 Å². The Labute approximate surface area is 76.1 Å². The molecule has 0 saturated heterocycles. The Morgan fingerprint density at radius 1 is 1.50 bits per heavy atom. The molecular formula is C11H19N. The first kappa shape index (κ1) is 11.2. The number of likely N-dealkylation sites (N-methyl/N-ethyl adjacent to an activating group) is 1. The van der Waals surface area contributed by atoms with E-state index in [2.05, 4.69) is 32.0 Å². The third kappa shape index (κ3) is 5.93. The highest BCUT2D eigenvalue weighted by Crippen LogP contribution is 1.97. The fraction of sp³-hybridized carbons (Fsp3) is 0.455. The van der Waals surface area contributed by atoms with E-state index >= 15 is 0 Å². The van der Waals surface area contributed by atoms with Gasteiger partial charge in [0.2, 0.25) is 0 Å². The lowest BCUT2D eigenvalue weighted by Crippen LogP contribution is -2.20. The lowest BCUT2D eigenvalue weighted by atomic mass is 10.2. The van der Waals surface area contributed by atoms with Crippen LogP contribution in [-0.2, 0) is 0 Å². The van der Waals surface area contributed by atoms with Gasteiger partial charge in [0.1, 0.15) is 0 Å². The van der Waals surface area contributed by atoms with Gasteiger partial charge in [-0.2, -0.15) is 0 Å². The van der Waals surface area contributed by atoms with E-state index in [0.717, 1.165) is 18.7 Å². The van der Waals surface area contributed by atoms with E-state index in [4.69, 9.17) is 0 Å². The monoisotopic (exact) mass is 165 g/mol. The molecule has 0 fully saturated rings. The molecule has 0 saturated carbocycles. The minimum Gasteiger partial charge on any atom is -0.302 e. The summed E-state index contributed by atoms with van der Waals surface area (Å²) < 4.78 is 0. The summed E-state index contributed by atoms with van der Waals surface area (Å²) in [4.78, 5) is 2.26. The Morgan fingerprint density at radius 3 is 2.67 bits per heavy atom. The fourth-order valence-corrected chi connectivity index (χ4v) is 1.06. The van der Waals surface area contributed by atoms with E-state index in [0.29, 0.717) is 0 Å². The zero-order valence-electron chi connectivity index (χ0n) is 8.21. The molecule has 1 heteroatoms. The van der Waals surface area contributed by atoms with Crippen LogP contribution in [0.1, 0.15) is 13.3 Å². The third-order valence-electron chi connectivity index (χ3n) is 1.55. The summed E-state index contributed by atoms with van der Waals surface area (Å²) in [5.74, 6) is 0. The Balaban J connectivity index is 3.68. The predicted molar refractivity (Wildman–Crippen MR) is 56.3 cm³/mol. The van der Waals surface area contributed by atoms with Crippen LogP contribution in [-0.4, -0.2) is 25.0 Å². The Kier molecular flexibility index (Phi) is 6.39. The molecule has 0 aromatic heterocycles. The molecule has 0 aromatic rings. The maximum atomic E-state index is 3.94. The van der Waals surface area contributed by atoms with Gasteiger partial charge < -0.3 is 4.90 Å². The lowest BCUT2D eigenvalue weighted by Gasteiger charge is -2.14. The topological polar surface area (TPSA) is 3.24 Å². The molecule has 0 rings (SSSR count). The highest BCUT2D eigenvalue weighted by atomic mass is 15.1. The molecule has 0 aliphatic rings. The number of nitrogens with zero attached hydrogens (tertiary/aromatic N) is 1. The van der Waals surface area contributed by atoms with Gasteiger partial charge in [-0.25, -0.2) is 0 Å². The van der Waals surface area contributed by atoms with Crippen LogP contribution in [0, 0.1) is 0 Å². The van der Waals surface area contributed by atoms with Crippen LogP contribution in [0.25, 0.3) is 0 Å². The SMILES string of the molecule is C=C/C=C\C(=C)CN(C)CCC. The summed E-state index contributed by atoms with van der Waals surface area (Å²) in [6.45, 7) is 11.8. The van der Waals surface area contributed by atoms with Crippen molar-refractivity contribution in [3.05, 3.63) is 37.0 Å². The van der Waals surface area contributed by atoms with Gasteiger partial charge in [0, 0.05) is 6.54 Å². The second kappa shape index (κ2) is 6.86. The van der Waals surface area contributed by atoms with Gasteiger partial charge >= 0.3 is 0 Å². The largest absolute Gasteiger partial charge is 0.302 e. The van der Waals surface area contributed by atoms with E-state index in [-0.39, 0.29) is 0 Å². The highest BCUT2D eigenvalue weighted by molar-refractivity contribution is 5.19. The molecule has 0 radical (unpaired) electrons. The predicted octanol–water partition coefficient (Wildman–Crippen LogP) is 2.63. The third-order valence-corrected chi connectivity index (χ3v) is 1.55. The van der Waals surface area contributed by atoms with Crippen molar-refractivity contribution in [2.24, 2.45) is 0 Å². The molecule has 0 bridgehead atoms. The summed E-state index contributed by atoms with van der Waals surface area (Å²) in [7, 11) is 2.11. The first-order valence-corrected chi connectivity index (χ1v) is 4.36. The van der Waals surface area contributed by atoms with Gasteiger partial charge in [-0.05, 0) is 25.6 Å². The second-order valence-corrected chi connectivity index (χ2v) is 2.99. The summed E-state index contributed by atoms with van der Waals surface area (Å²) in [6, 6.07) is 0. The van der Waals surface area contributed by atoms with E-state index in [1.54, 1.807) is 6.08 Å². The summed E-state index contributed by atoms with van der Waals surface area (Å²) in [5, 5.41) is 0. The molecule has 0 aliphatic heterocycles. The van der Waals surface area contributed by atoms with Gasteiger partial charge in [0.15, 0.2) is 0 Å².